The molecule has 1 aliphatic rings. The smallest absolute Gasteiger partial charge is 0.305 e. The number of nitrogens with two attached hydrogens (primary N) is 1. The zero-order valence-corrected chi connectivity index (χ0v) is 9.86. The number of carbonyl (C=O) groups is 1. The summed E-state index contributed by atoms with van der Waals surface area (Å²) >= 11 is 3.32. The van der Waals surface area contributed by atoms with Crippen LogP contribution >= 0.6 is 15.9 Å². The first-order valence-corrected chi connectivity index (χ1v) is 5.43. The molecule has 6 heteroatoms. The molecular weight excluding hydrogens is 278 g/mol. The van der Waals surface area contributed by atoms with Gasteiger partial charge in [0.25, 0.3) is 0 Å². The minimum Gasteiger partial charge on any atom is -0.481 e. The van der Waals surface area contributed by atoms with Gasteiger partial charge in [0.05, 0.1) is 10.9 Å². The maximum Gasteiger partial charge on any atom is 0.305 e. The molecule has 0 bridgehead atoms. The maximum atomic E-state index is 10.6. The first-order valence-electron chi connectivity index (χ1n) is 4.64. The van der Waals surface area contributed by atoms with E-state index in [2.05, 4.69) is 15.9 Å². The van der Waals surface area contributed by atoms with Gasteiger partial charge in [-0.1, -0.05) is 0 Å². The Kier molecular flexibility index (Phi) is 3.02. The maximum absolute atomic E-state index is 10.6. The molecule has 0 aromatic heterocycles. The number of hydrogen-bond acceptors (Lipinski definition) is 4. The van der Waals surface area contributed by atoms with Crippen molar-refractivity contribution in [3.05, 3.63) is 22.2 Å². The second-order valence-corrected chi connectivity index (χ2v) is 4.30. The first kappa shape index (κ1) is 11.2. The molecule has 1 heterocycles. The molecular formula is C10H10BrNO4. The molecule has 0 fully saturated rings. The van der Waals surface area contributed by atoms with Gasteiger partial charge in [-0.15, -0.1) is 0 Å². The molecule has 5 nitrogen and oxygen atoms in total. The van der Waals surface area contributed by atoms with Crippen LogP contribution in [0.5, 0.6) is 11.5 Å². The first-order chi connectivity index (χ1) is 7.58. The van der Waals surface area contributed by atoms with Crippen LogP contribution in [0, 0.1) is 0 Å². The van der Waals surface area contributed by atoms with Gasteiger partial charge < -0.3 is 20.3 Å². The lowest BCUT2D eigenvalue weighted by Crippen LogP contribution is -2.14. The Morgan fingerprint density at radius 2 is 2.31 bits per heavy atom. The highest BCUT2D eigenvalue weighted by Crippen LogP contribution is 2.41. The summed E-state index contributed by atoms with van der Waals surface area (Å²) in [4.78, 5) is 10.6. The van der Waals surface area contributed by atoms with Gasteiger partial charge in [0, 0.05) is 6.04 Å². The largest absolute Gasteiger partial charge is 0.481 e. The van der Waals surface area contributed by atoms with Crippen LogP contribution in [0.4, 0.5) is 0 Å². The summed E-state index contributed by atoms with van der Waals surface area (Å²) in [5, 5.41) is 8.66. The van der Waals surface area contributed by atoms with E-state index >= 15 is 0 Å². The predicted molar refractivity (Wildman–Crippen MR) is 59.4 cm³/mol. The number of rotatable bonds is 3. The second-order valence-electron chi connectivity index (χ2n) is 3.44. The minimum atomic E-state index is -0.929. The number of benzene rings is 1. The zero-order valence-electron chi connectivity index (χ0n) is 8.27. The molecule has 0 saturated heterocycles. The van der Waals surface area contributed by atoms with Crippen LogP contribution in [0.3, 0.4) is 0 Å². The van der Waals surface area contributed by atoms with Crippen molar-refractivity contribution in [3.63, 3.8) is 0 Å². The third kappa shape index (κ3) is 2.12. The van der Waals surface area contributed by atoms with Crippen LogP contribution in [0.25, 0.3) is 0 Å². The topological polar surface area (TPSA) is 81.8 Å². The molecule has 1 aromatic carbocycles. The van der Waals surface area contributed by atoms with Crippen molar-refractivity contribution in [2.24, 2.45) is 5.73 Å². The fraction of sp³-hybridized carbons (Fsp3) is 0.300. The van der Waals surface area contributed by atoms with Crippen molar-refractivity contribution in [1.82, 2.24) is 0 Å². The molecule has 2 rings (SSSR count). The van der Waals surface area contributed by atoms with Crippen LogP contribution in [-0.2, 0) is 4.79 Å². The van der Waals surface area contributed by atoms with Crippen LogP contribution in [0.1, 0.15) is 18.0 Å². The van der Waals surface area contributed by atoms with E-state index in [1.165, 1.54) is 0 Å². The number of fused-ring (bicyclic) bond motifs is 1. The van der Waals surface area contributed by atoms with Gasteiger partial charge in [-0.3, -0.25) is 4.79 Å². The van der Waals surface area contributed by atoms with Crippen LogP contribution in [0.15, 0.2) is 16.6 Å². The van der Waals surface area contributed by atoms with E-state index in [-0.39, 0.29) is 13.2 Å². The van der Waals surface area contributed by atoms with E-state index < -0.39 is 12.0 Å². The average Bonchev–Trinajstić information content (AvgIpc) is 2.64. The molecule has 1 atom stereocenters. The Morgan fingerprint density at radius 1 is 1.56 bits per heavy atom. The van der Waals surface area contributed by atoms with Crippen molar-refractivity contribution in [2.75, 3.05) is 6.79 Å². The highest BCUT2D eigenvalue weighted by molar-refractivity contribution is 9.10. The summed E-state index contributed by atoms with van der Waals surface area (Å²) in [6.45, 7) is 0.172. The number of carboxylic acids is 1. The molecule has 86 valence electrons. The quantitative estimate of drug-likeness (QED) is 0.883. The highest BCUT2D eigenvalue weighted by Gasteiger charge is 2.20. The molecule has 1 aromatic rings. The summed E-state index contributed by atoms with van der Waals surface area (Å²) in [6, 6.07) is 2.91. The van der Waals surface area contributed by atoms with Gasteiger partial charge in [0.15, 0.2) is 11.5 Å². The SMILES string of the molecule is N[C@H](CC(=O)O)c1cc(Br)c2c(c1)OCO2. The van der Waals surface area contributed by atoms with Gasteiger partial charge in [0.2, 0.25) is 6.79 Å². The van der Waals surface area contributed by atoms with Crippen LogP contribution < -0.4 is 15.2 Å². The summed E-state index contributed by atoms with van der Waals surface area (Å²) in [7, 11) is 0. The summed E-state index contributed by atoms with van der Waals surface area (Å²) in [6.07, 6.45) is -0.119. The highest BCUT2D eigenvalue weighted by atomic mass is 79.9. The van der Waals surface area contributed by atoms with E-state index in [1.54, 1.807) is 12.1 Å². The van der Waals surface area contributed by atoms with Crippen LogP contribution in [0.2, 0.25) is 0 Å². The molecule has 0 unspecified atom stereocenters. The number of aliphatic carboxylic acids is 1. The molecule has 0 spiro atoms. The van der Waals surface area contributed by atoms with Crippen molar-refractivity contribution in [3.8, 4) is 11.5 Å². The minimum absolute atomic E-state index is 0.119. The second kappa shape index (κ2) is 4.31. The molecule has 3 N–H and O–H groups in total. The molecule has 1 aliphatic heterocycles. The normalized spacial score (nSPS) is 14.9. The fourth-order valence-electron chi connectivity index (χ4n) is 1.51. The number of carboxylic acid groups (broad SMARTS) is 1. The Labute approximate surface area is 100 Å². The fourth-order valence-corrected chi connectivity index (χ4v) is 2.08. The predicted octanol–water partition coefficient (Wildman–Crippen LogP) is 1.65. The molecule has 16 heavy (non-hydrogen) atoms. The van der Waals surface area contributed by atoms with E-state index in [1.807, 2.05) is 0 Å². The van der Waals surface area contributed by atoms with E-state index in [0.29, 0.717) is 17.1 Å². The van der Waals surface area contributed by atoms with Crippen molar-refractivity contribution < 1.29 is 19.4 Å². The number of ether oxygens (including phenoxy) is 2. The van der Waals surface area contributed by atoms with Crippen molar-refractivity contribution in [1.29, 1.82) is 0 Å². The molecule has 0 amide bonds. The molecule has 0 aliphatic carbocycles. The lowest BCUT2D eigenvalue weighted by molar-refractivity contribution is -0.137. The zero-order chi connectivity index (χ0) is 11.7. The van der Waals surface area contributed by atoms with Gasteiger partial charge in [-0.25, -0.2) is 0 Å². The Hall–Kier alpha value is -1.27. The summed E-state index contributed by atoms with van der Waals surface area (Å²) in [5.41, 5.74) is 6.47. The van der Waals surface area contributed by atoms with Gasteiger partial charge in [0.1, 0.15) is 0 Å². The number of hydrogen-bond donors (Lipinski definition) is 2. The third-order valence-corrected chi connectivity index (χ3v) is 2.86. The summed E-state index contributed by atoms with van der Waals surface area (Å²) in [5.74, 6) is 0.290. The average molecular weight is 288 g/mol. The molecule has 0 saturated carbocycles. The number of halogens is 1. The Balaban J connectivity index is 2.29. The lowest BCUT2D eigenvalue weighted by atomic mass is 10.0. The van der Waals surface area contributed by atoms with E-state index in [0.717, 1.165) is 4.47 Å². The lowest BCUT2D eigenvalue weighted by Gasteiger charge is -2.11. The third-order valence-electron chi connectivity index (χ3n) is 2.27. The monoisotopic (exact) mass is 287 g/mol. The Morgan fingerprint density at radius 3 is 3.00 bits per heavy atom. The van der Waals surface area contributed by atoms with Gasteiger partial charge in [-0.05, 0) is 33.6 Å². The molecule has 0 radical (unpaired) electrons. The van der Waals surface area contributed by atoms with Crippen molar-refractivity contribution >= 4 is 21.9 Å². The van der Waals surface area contributed by atoms with Crippen LogP contribution in [-0.4, -0.2) is 17.9 Å². The van der Waals surface area contributed by atoms with Gasteiger partial charge in [-0.2, -0.15) is 0 Å². The van der Waals surface area contributed by atoms with E-state index in [4.69, 9.17) is 20.3 Å². The standard InChI is InChI=1S/C10H10BrNO4/c11-6-1-5(7(12)3-9(13)14)2-8-10(6)16-4-15-8/h1-2,7H,3-4,12H2,(H,13,14)/t7-/m1/s1. The summed E-state index contributed by atoms with van der Waals surface area (Å²) < 4.78 is 11.2. The Bertz CT molecular complexity index is 435. The van der Waals surface area contributed by atoms with Gasteiger partial charge >= 0.3 is 5.97 Å². The van der Waals surface area contributed by atoms with E-state index in [9.17, 15) is 4.79 Å². The van der Waals surface area contributed by atoms with Crippen molar-refractivity contribution in [2.45, 2.75) is 12.5 Å².